The Labute approximate surface area is 82.2 Å². The third kappa shape index (κ3) is 46.4. The predicted molar refractivity (Wildman–Crippen MR) is 25.1 cm³/mol. The van der Waals surface area contributed by atoms with E-state index in [0.29, 0.717) is 0 Å². The Hall–Kier alpha value is 1.60. The van der Waals surface area contributed by atoms with Crippen LogP contribution in [-0.4, -0.2) is 0 Å². The van der Waals surface area contributed by atoms with Crippen LogP contribution in [0.15, 0.2) is 0 Å². The van der Waals surface area contributed by atoms with Gasteiger partial charge in [-0.05, 0) is 0 Å². The van der Waals surface area contributed by atoms with Gasteiger partial charge in [-0.2, -0.15) is 20.8 Å². The SMILES string of the molecule is C[C-](C)C.[K+].[OH3+]. The second-order valence-electron chi connectivity index (χ2n) is 1.50. The monoisotopic (exact) mass is 115 g/mol. The molecule has 0 amide bonds. The third-order valence-electron chi connectivity index (χ3n) is 0. The van der Waals surface area contributed by atoms with E-state index in [1.807, 2.05) is 0 Å². The molecule has 0 heterocycles. The van der Waals surface area contributed by atoms with E-state index in [4.69, 9.17) is 0 Å². The molecular weight excluding hydrogens is 103 g/mol. The molecule has 0 aromatic rings. The minimum absolute atomic E-state index is 0. The normalized spacial score (nSPS) is 6.00. The molecule has 6 heavy (non-hydrogen) atoms. The Morgan fingerprint density at radius 3 is 1.00 bits per heavy atom. The van der Waals surface area contributed by atoms with Gasteiger partial charge in [0.25, 0.3) is 0 Å². The molecule has 0 radical (unpaired) electrons. The van der Waals surface area contributed by atoms with Crippen LogP contribution in [0.1, 0.15) is 20.8 Å². The molecule has 0 aromatic heterocycles. The van der Waals surface area contributed by atoms with Crippen molar-refractivity contribution < 1.29 is 56.9 Å². The molecule has 0 aliphatic heterocycles. The average Bonchev–Trinajstić information content (AvgIpc) is 0.811. The fraction of sp³-hybridized carbons (Fsp3) is 0.750. The van der Waals surface area contributed by atoms with Gasteiger partial charge < -0.3 is 11.4 Å². The maximum atomic E-state index is 2.08. The van der Waals surface area contributed by atoms with Crippen LogP contribution in [-0.2, 0) is 5.48 Å². The summed E-state index contributed by atoms with van der Waals surface area (Å²) < 4.78 is 0. The zero-order chi connectivity index (χ0) is 3.58. The first-order valence-electron chi connectivity index (χ1n) is 1.50. The summed E-state index contributed by atoms with van der Waals surface area (Å²) in [5.74, 6) is 1.42. The molecule has 0 spiro atoms. The summed E-state index contributed by atoms with van der Waals surface area (Å²) in [5, 5.41) is 0. The molecule has 0 aliphatic carbocycles. The van der Waals surface area contributed by atoms with Crippen LogP contribution < -0.4 is 51.4 Å². The zero-order valence-corrected chi connectivity index (χ0v) is 8.20. The molecule has 0 bridgehead atoms. The summed E-state index contributed by atoms with van der Waals surface area (Å²) in [4.78, 5) is 0. The van der Waals surface area contributed by atoms with Gasteiger partial charge in [-0.1, -0.05) is 0 Å². The first-order valence-corrected chi connectivity index (χ1v) is 1.50. The van der Waals surface area contributed by atoms with Gasteiger partial charge in [0.05, 0.1) is 0 Å². The molecule has 0 saturated carbocycles. The van der Waals surface area contributed by atoms with Crippen molar-refractivity contribution in [1.29, 1.82) is 0 Å². The summed E-state index contributed by atoms with van der Waals surface area (Å²) in [6.07, 6.45) is 0. The maximum Gasteiger partial charge on any atom is 1.00 e. The summed E-state index contributed by atoms with van der Waals surface area (Å²) in [6.45, 7) is 6.25. The molecule has 0 aliphatic rings. The van der Waals surface area contributed by atoms with Gasteiger partial charge in [-0.25, -0.2) is 0 Å². The topological polar surface area (TPSA) is 33.0 Å². The van der Waals surface area contributed by atoms with Gasteiger partial charge in [-0.3, -0.25) is 0 Å². The van der Waals surface area contributed by atoms with Gasteiger partial charge in [0, 0.05) is 0 Å². The molecule has 1 nitrogen and oxygen atoms in total. The minimum Gasteiger partial charge on any atom is -0.457 e. The van der Waals surface area contributed by atoms with Crippen molar-refractivity contribution >= 4 is 0 Å². The average molecular weight is 115 g/mol. The molecular formula is C4H12KO+. The number of rotatable bonds is 0. The van der Waals surface area contributed by atoms with Crippen molar-refractivity contribution in [2.24, 2.45) is 0 Å². The van der Waals surface area contributed by atoms with E-state index in [0.717, 1.165) is 0 Å². The summed E-state index contributed by atoms with van der Waals surface area (Å²) >= 11 is 0. The van der Waals surface area contributed by atoms with Crippen LogP contribution in [0.2, 0.25) is 0 Å². The Morgan fingerprint density at radius 2 is 1.00 bits per heavy atom. The first kappa shape index (κ1) is 15.6. The van der Waals surface area contributed by atoms with E-state index in [9.17, 15) is 0 Å². The summed E-state index contributed by atoms with van der Waals surface area (Å²) in [5.41, 5.74) is 0. The van der Waals surface area contributed by atoms with Crippen LogP contribution in [0, 0.1) is 5.92 Å². The van der Waals surface area contributed by atoms with E-state index in [1.165, 1.54) is 5.92 Å². The van der Waals surface area contributed by atoms with Crippen molar-refractivity contribution in [3.05, 3.63) is 5.92 Å². The molecule has 0 saturated heterocycles. The van der Waals surface area contributed by atoms with Crippen molar-refractivity contribution in [3.63, 3.8) is 0 Å². The molecule has 0 aromatic carbocycles. The molecule has 2 heteroatoms. The molecule has 0 fully saturated rings. The fourth-order valence-electron chi connectivity index (χ4n) is 0. The Kier molecular flexibility index (Phi) is 25.5. The predicted octanol–water partition coefficient (Wildman–Crippen LogP) is -2.30. The largest absolute Gasteiger partial charge is 1.00 e. The Bertz CT molecular complexity index is 12.3. The van der Waals surface area contributed by atoms with Crippen molar-refractivity contribution in [1.82, 2.24) is 0 Å². The molecule has 3 N–H and O–H groups in total. The maximum absolute atomic E-state index is 2.08. The minimum atomic E-state index is 0. The number of hydrogen-bond donors (Lipinski definition) is 0. The Balaban J connectivity index is -0.0000000450. The summed E-state index contributed by atoms with van der Waals surface area (Å²) in [7, 11) is 0. The molecule has 0 atom stereocenters. The van der Waals surface area contributed by atoms with Crippen molar-refractivity contribution in [3.8, 4) is 0 Å². The van der Waals surface area contributed by atoms with E-state index in [-0.39, 0.29) is 56.9 Å². The summed E-state index contributed by atoms with van der Waals surface area (Å²) in [6, 6.07) is 0. The first-order chi connectivity index (χ1) is 1.73. The van der Waals surface area contributed by atoms with Gasteiger partial charge in [0.15, 0.2) is 0 Å². The van der Waals surface area contributed by atoms with E-state index >= 15 is 0 Å². The second-order valence-corrected chi connectivity index (χ2v) is 1.50. The van der Waals surface area contributed by atoms with Crippen LogP contribution >= 0.6 is 0 Å². The standard InChI is InChI=1S/C4H9.K.H2O/c1-4(2)3;;/h1-3H3;;1H2/q-1;+1;/p+1. The molecule has 34 valence electrons. The van der Waals surface area contributed by atoms with Gasteiger partial charge >= 0.3 is 51.4 Å². The van der Waals surface area contributed by atoms with Crippen molar-refractivity contribution in [2.45, 2.75) is 20.8 Å². The smallest absolute Gasteiger partial charge is 0.457 e. The zero-order valence-electron chi connectivity index (χ0n) is 5.08. The molecule has 0 unspecified atom stereocenters. The van der Waals surface area contributed by atoms with E-state index < -0.39 is 0 Å². The van der Waals surface area contributed by atoms with Crippen molar-refractivity contribution in [2.75, 3.05) is 0 Å². The van der Waals surface area contributed by atoms with Gasteiger partial charge in [0.1, 0.15) is 0 Å². The fourth-order valence-corrected chi connectivity index (χ4v) is 0. The van der Waals surface area contributed by atoms with Crippen LogP contribution in [0.5, 0.6) is 0 Å². The van der Waals surface area contributed by atoms with Crippen LogP contribution in [0.4, 0.5) is 0 Å². The van der Waals surface area contributed by atoms with E-state index in [2.05, 4.69) is 20.8 Å². The Morgan fingerprint density at radius 1 is 1.00 bits per heavy atom. The van der Waals surface area contributed by atoms with Gasteiger partial charge in [-0.15, -0.1) is 0 Å². The van der Waals surface area contributed by atoms with E-state index in [1.54, 1.807) is 0 Å². The quantitative estimate of drug-likeness (QED) is 0.193. The van der Waals surface area contributed by atoms with Crippen LogP contribution in [0.3, 0.4) is 0 Å². The third-order valence-corrected chi connectivity index (χ3v) is 0. The number of hydrogen-bond acceptors (Lipinski definition) is 0. The van der Waals surface area contributed by atoms with Crippen LogP contribution in [0.25, 0.3) is 0 Å². The van der Waals surface area contributed by atoms with Gasteiger partial charge in [0.2, 0.25) is 0 Å². The second kappa shape index (κ2) is 9.78. The molecule has 0 rings (SSSR count).